The molecule has 0 amide bonds. The van der Waals surface area contributed by atoms with E-state index in [9.17, 15) is 9.59 Å². The summed E-state index contributed by atoms with van der Waals surface area (Å²) >= 11 is 1.68. The average Bonchev–Trinajstić information content (AvgIpc) is 3.44. The molecule has 6 heteroatoms. The van der Waals surface area contributed by atoms with E-state index >= 15 is 0 Å². The predicted octanol–water partition coefficient (Wildman–Crippen LogP) is 5.75. The van der Waals surface area contributed by atoms with Gasteiger partial charge in [0.15, 0.2) is 17.2 Å². The first-order chi connectivity index (χ1) is 16.7. The number of benzene rings is 2. The Labute approximate surface area is 211 Å². The standard InChI is InChI=1S/C29H29BN2O2S/c1-6-32-18(13-23-26(33)21-11-10-17(30)12-22(21)27(23)34)14-24-28(32)31-29(35-24)25-19(15(2)3)8-7-9-20(25)16(4)5/h7-16H,6,30H2,1-5H3/b23-13-. The third-order valence-electron chi connectivity index (χ3n) is 6.83. The number of carbonyl (C=O) groups is 2. The lowest BCUT2D eigenvalue weighted by atomic mass is 9.89. The fourth-order valence-corrected chi connectivity index (χ4v) is 6.12. The molecule has 0 saturated heterocycles. The molecule has 0 saturated carbocycles. The van der Waals surface area contributed by atoms with Gasteiger partial charge in [-0.3, -0.25) is 9.59 Å². The number of hydrogen-bond acceptors (Lipinski definition) is 4. The van der Waals surface area contributed by atoms with E-state index in [-0.39, 0.29) is 17.1 Å². The second-order valence-electron chi connectivity index (χ2n) is 9.91. The lowest BCUT2D eigenvalue weighted by Crippen LogP contribution is -2.05. The first-order valence-electron chi connectivity index (χ1n) is 12.3. The van der Waals surface area contributed by atoms with Crippen LogP contribution >= 0.6 is 11.3 Å². The van der Waals surface area contributed by atoms with E-state index in [4.69, 9.17) is 4.98 Å². The lowest BCUT2D eigenvalue weighted by Gasteiger charge is -2.18. The molecule has 176 valence electrons. The molecule has 0 atom stereocenters. The Kier molecular flexibility index (Phi) is 5.88. The third kappa shape index (κ3) is 3.80. The van der Waals surface area contributed by atoms with Crippen LogP contribution in [0.2, 0.25) is 0 Å². The summed E-state index contributed by atoms with van der Waals surface area (Å²) in [5, 5.41) is 1.03. The number of ketones is 2. The minimum absolute atomic E-state index is 0.193. The van der Waals surface area contributed by atoms with Crippen LogP contribution < -0.4 is 5.46 Å². The molecule has 35 heavy (non-hydrogen) atoms. The summed E-state index contributed by atoms with van der Waals surface area (Å²) in [5.41, 5.74) is 7.82. The highest BCUT2D eigenvalue weighted by molar-refractivity contribution is 7.21. The van der Waals surface area contributed by atoms with E-state index in [1.54, 1.807) is 29.5 Å². The van der Waals surface area contributed by atoms with Crippen LogP contribution in [0.5, 0.6) is 0 Å². The molecular formula is C29H29BN2O2S. The zero-order valence-electron chi connectivity index (χ0n) is 21.1. The van der Waals surface area contributed by atoms with Gasteiger partial charge >= 0.3 is 0 Å². The van der Waals surface area contributed by atoms with Crippen LogP contribution in [-0.4, -0.2) is 29.0 Å². The van der Waals surface area contributed by atoms with E-state index in [1.165, 1.54) is 16.7 Å². The number of aryl methyl sites for hydroxylation is 1. The van der Waals surface area contributed by atoms with Crippen molar-refractivity contribution in [2.45, 2.75) is 53.0 Å². The number of fused-ring (bicyclic) bond motifs is 2. The number of thiazole rings is 1. The summed E-state index contributed by atoms with van der Waals surface area (Å²) in [6.45, 7) is 11.7. The Bertz CT molecular complexity index is 1510. The van der Waals surface area contributed by atoms with Gasteiger partial charge in [0.2, 0.25) is 0 Å². The molecule has 0 radical (unpaired) electrons. The van der Waals surface area contributed by atoms with Gasteiger partial charge < -0.3 is 4.57 Å². The van der Waals surface area contributed by atoms with Gasteiger partial charge in [0.25, 0.3) is 0 Å². The van der Waals surface area contributed by atoms with Crippen molar-refractivity contribution in [1.82, 2.24) is 9.55 Å². The van der Waals surface area contributed by atoms with E-state index in [2.05, 4.69) is 63.5 Å². The van der Waals surface area contributed by atoms with Crippen molar-refractivity contribution < 1.29 is 9.59 Å². The molecule has 4 nitrogen and oxygen atoms in total. The highest BCUT2D eigenvalue weighted by Crippen LogP contribution is 2.41. The average molecular weight is 480 g/mol. The van der Waals surface area contributed by atoms with Crippen LogP contribution in [0.15, 0.2) is 48.0 Å². The highest BCUT2D eigenvalue weighted by atomic mass is 32.1. The van der Waals surface area contributed by atoms with E-state index < -0.39 is 0 Å². The monoisotopic (exact) mass is 480 g/mol. The molecule has 1 aliphatic carbocycles. The maximum Gasteiger partial charge on any atom is 0.197 e. The maximum absolute atomic E-state index is 13.0. The minimum atomic E-state index is -0.196. The fourth-order valence-electron chi connectivity index (χ4n) is 5.02. The summed E-state index contributed by atoms with van der Waals surface area (Å²) in [6, 6.07) is 14.1. The first-order valence-corrected chi connectivity index (χ1v) is 13.1. The van der Waals surface area contributed by atoms with Crippen molar-refractivity contribution in [2.75, 3.05) is 0 Å². The van der Waals surface area contributed by atoms with Gasteiger partial charge in [0, 0.05) is 28.9 Å². The summed E-state index contributed by atoms with van der Waals surface area (Å²) in [5.74, 6) is 0.399. The zero-order valence-corrected chi connectivity index (χ0v) is 21.9. The molecule has 5 rings (SSSR count). The Morgan fingerprint density at radius 2 is 1.63 bits per heavy atom. The zero-order chi connectivity index (χ0) is 25.0. The molecule has 0 spiro atoms. The Morgan fingerprint density at radius 3 is 2.26 bits per heavy atom. The minimum Gasteiger partial charge on any atom is -0.325 e. The van der Waals surface area contributed by atoms with Crippen LogP contribution in [0.4, 0.5) is 0 Å². The molecule has 0 N–H and O–H groups in total. The van der Waals surface area contributed by atoms with E-state index in [1.807, 2.05) is 13.9 Å². The fraction of sp³-hybridized carbons (Fsp3) is 0.276. The van der Waals surface area contributed by atoms with Crippen molar-refractivity contribution in [2.24, 2.45) is 0 Å². The van der Waals surface area contributed by atoms with Crippen molar-refractivity contribution >= 4 is 52.6 Å². The number of allylic oxidation sites excluding steroid dienone is 1. The number of rotatable bonds is 5. The topological polar surface area (TPSA) is 52.0 Å². The van der Waals surface area contributed by atoms with Gasteiger partial charge in [0.05, 0.1) is 10.3 Å². The van der Waals surface area contributed by atoms with Gasteiger partial charge in [0.1, 0.15) is 12.9 Å². The number of aromatic nitrogens is 2. The van der Waals surface area contributed by atoms with Gasteiger partial charge in [-0.25, -0.2) is 4.98 Å². The van der Waals surface area contributed by atoms with Crippen molar-refractivity contribution in [3.05, 3.63) is 76.0 Å². The summed E-state index contributed by atoms with van der Waals surface area (Å²) in [6.07, 6.45) is 1.75. The molecule has 0 fully saturated rings. The molecular weight excluding hydrogens is 451 g/mol. The molecule has 0 unspecified atom stereocenters. The molecule has 2 aromatic carbocycles. The van der Waals surface area contributed by atoms with Crippen molar-refractivity contribution in [1.29, 1.82) is 0 Å². The van der Waals surface area contributed by atoms with E-state index in [0.29, 0.717) is 29.5 Å². The second kappa shape index (κ2) is 8.76. The van der Waals surface area contributed by atoms with Gasteiger partial charge in [-0.05, 0) is 42.0 Å². The van der Waals surface area contributed by atoms with Crippen LogP contribution in [0.1, 0.15) is 84.0 Å². The Morgan fingerprint density at radius 1 is 0.971 bits per heavy atom. The highest BCUT2D eigenvalue weighted by Gasteiger charge is 2.33. The summed E-state index contributed by atoms with van der Waals surface area (Å²) < 4.78 is 3.16. The van der Waals surface area contributed by atoms with Crippen molar-refractivity contribution in [3.63, 3.8) is 0 Å². The molecule has 2 aromatic heterocycles. The number of Topliss-reactive ketones (excluding diaryl/α,β-unsaturated/α-hetero) is 2. The summed E-state index contributed by atoms with van der Waals surface area (Å²) in [7, 11) is 1.93. The lowest BCUT2D eigenvalue weighted by molar-refractivity contribution is 0.0990. The maximum atomic E-state index is 13.0. The molecule has 4 aromatic rings. The van der Waals surface area contributed by atoms with E-state index in [0.717, 1.165) is 26.5 Å². The number of carbonyl (C=O) groups excluding carboxylic acids is 2. The summed E-state index contributed by atoms with van der Waals surface area (Å²) in [4.78, 5) is 31.2. The van der Waals surface area contributed by atoms with Crippen LogP contribution in [0.25, 0.3) is 27.0 Å². The van der Waals surface area contributed by atoms with Gasteiger partial charge in [-0.2, -0.15) is 0 Å². The van der Waals surface area contributed by atoms with Crippen LogP contribution in [0, 0.1) is 0 Å². The Hall–Kier alpha value is -3.25. The smallest absolute Gasteiger partial charge is 0.197 e. The molecule has 0 aliphatic heterocycles. The van der Waals surface area contributed by atoms with Crippen LogP contribution in [0.3, 0.4) is 0 Å². The third-order valence-corrected chi connectivity index (χ3v) is 7.84. The SMILES string of the molecule is Bc1ccc2c(c1)C(=O)/C(=C\c1cc3sc(-c4c(C(C)C)cccc4C(C)C)nc3n1CC)C2=O. The van der Waals surface area contributed by atoms with Gasteiger partial charge in [-0.15, -0.1) is 11.3 Å². The predicted molar refractivity (Wildman–Crippen MR) is 148 cm³/mol. The second-order valence-corrected chi connectivity index (χ2v) is 10.9. The normalized spacial score (nSPS) is 14.8. The van der Waals surface area contributed by atoms with Crippen molar-refractivity contribution in [3.8, 4) is 10.6 Å². The molecule has 0 bridgehead atoms. The largest absolute Gasteiger partial charge is 0.325 e. The van der Waals surface area contributed by atoms with Gasteiger partial charge in [-0.1, -0.05) is 69.6 Å². The number of nitrogens with zero attached hydrogens (tertiary/aromatic N) is 2. The Balaban J connectivity index is 1.63. The quantitative estimate of drug-likeness (QED) is 0.208. The molecule has 2 heterocycles. The number of hydrogen-bond donors (Lipinski definition) is 0. The first kappa shape index (κ1) is 23.5. The van der Waals surface area contributed by atoms with Crippen LogP contribution in [-0.2, 0) is 6.54 Å². The molecule has 1 aliphatic rings.